The van der Waals surface area contributed by atoms with Gasteiger partial charge in [-0.05, 0) is 177 Å². The quantitative estimate of drug-likeness (QED) is 0.0357. The second-order valence-corrected chi connectivity index (χ2v) is 31.3. The summed E-state index contributed by atoms with van der Waals surface area (Å²) in [6, 6.07) is 81.6. The molecule has 12 aromatic rings. The molecule has 0 radical (unpaired) electrons. The van der Waals surface area contributed by atoms with Crippen molar-refractivity contribution in [2.75, 3.05) is 23.3 Å². The Morgan fingerprint density at radius 2 is 0.966 bits per heavy atom. The van der Waals surface area contributed by atoms with Crippen LogP contribution >= 0.6 is 66.7 Å². The Bertz CT molecular complexity index is 5170. The van der Waals surface area contributed by atoms with Crippen molar-refractivity contribution in [3.05, 3.63) is 341 Å². The van der Waals surface area contributed by atoms with Gasteiger partial charge in [-0.15, -0.1) is 0 Å². The molecule has 14 rings (SSSR count). The molecule has 1 aliphatic carbocycles. The van der Waals surface area contributed by atoms with Crippen molar-refractivity contribution >= 4 is 182 Å². The van der Waals surface area contributed by atoms with Crippen LogP contribution in [0.5, 0.6) is 17.2 Å². The SMILES string of the molecule is CB(O)C1=Cc2ccc(OCc3ccccc3)cc2C1.CB(O)c1cc(Br)cc(N2CCCC2)c1.CB(O)c1ccc(C)c(Br)c1.CB(O)c1ccc(C)c(OCc2ccccc2)c1.CB(O)c1ccc(Cl)c(C(=O)Nc2ccccc2Cl)c1.CB(O)c1ccc(OCc2ccccc2F)c(Cl)c1.CB(O)c1ccc2ccccc2c1. The van der Waals surface area contributed by atoms with Crippen LogP contribution in [0.3, 0.4) is 0 Å². The number of anilines is 2. The number of rotatable bonds is 19. The summed E-state index contributed by atoms with van der Waals surface area (Å²) >= 11 is 25.0. The number of carbonyl (C=O) groups is 1. The lowest BCUT2D eigenvalue weighted by atomic mass is 9.63. The molecule has 1 fully saturated rings. The van der Waals surface area contributed by atoms with Gasteiger partial charge in [0.2, 0.25) is 0 Å². The van der Waals surface area contributed by atoms with E-state index in [1.54, 1.807) is 120 Å². The van der Waals surface area contributed by atoms with Gasteiger partial charge in [-0.25, -0.2) is 4.39 Å². The highest BCUT2D eigenvalue weighted by Crippen LogP contribution is 2.31. The maximum absolute atomic E-state index is 13.4. The van der Waals surface area contributed by atoms with Gasteiger partial charge < -0.3 is 59.6 Å². The van der Waals surface area contributed by atoms with E-state index in [9.17, 15) is 44.4 Å². The van der Waals surface area contributed by atoms with E-state index in [2.05, 4.69) is 96.7 Å². The van der Waals surface area contributed by atoms with Crippen molar-refractivity contribution in [2.24, 2.45) is 0 Å². The van der Waals surface area contributed by atoms with Gasteiger partial charge in [-0.2, -0.15) is 0 Å². The number of allylic oxidation sites excluding steroid dienone is 1. The Morgan fingerprint density at radius 3 is 1.57 bits per heavy atom. The van der Waals surface area contributed by atoms with Gasteiger partial charge in [0.15, 0.2) is 0 Å². The summed E-state index contributed by atoms with van der Waals surface area (Å²) in [5.41, 5.74) is 15.7. The molecule has 0 atom stereocenters. The molecule has 12 aromatic carbocycles. The van der Waals surface area contributed by atoms with Crippen LogP contribution in [0.4, 0.5) is 15.8 Å². The number of benzene rings is 12. The molecule has 1 aliphatic heterocycles. The van der Waals surface area contributed by atoms with Gasteiger partial charge in [0.1, 0.15) is 42.9 Å². The summed E-state index contributed by atoms with van der Waals surface area (Å²) in [6.45, 7) is 16.5. The van der Waals surface area contributed by atoms with Crippen molar-refractivity contribution in [3.8, 4) is 17.2 Å². The number of ether oxygens (including phenoxy) is 3. The predicted molar refractivity (Wildman–Crippen MR) is 497 cm³/mol. The number of halogens is 6. The fraction of sp³-hybridized carbons (Fsp3) is 0.189. The van der Waals surface area contributed by atoms with Gasteiger partial charge in [0.05, 0.1) is 26.3 Å². The Hall–Kier alpha value is -8.76. The molecule has 0 bridgehead atoms. The van der Waals surface area contributed by atoms with E-state index in [0.29, 0.717) is 61.8 Å². The highest BCUT2D eigenvalue weighted by molar-refractivity contribution is 9.10. The summed E-state index contributed by atoms with van der Waals surface area (Å²) < 4.78 is 32.6. The van der Waals surface area contributed by atoms with Gasteiger partial charge in [-0.3, -0.25) is 4.79 Å². The minimum Gasteiger partial charge on any atom is -0.489 e. The Morgan fingerprint density at radius 1 is 0.448 bits per heavy atom. The number of nitrogens with one attached hydrogen (secondary N) is 1. The van der Waals surface area contributed by atoms with Crippen molar-refractivity contribution in [1.29, 1.82) is 0 Å². The van der Waals surface area contributed by atoms with E-state index in [-0.39, 0.29) is 39.1 Å². The number of para-hydroxylation sites is 1. The molecule has 0 saturated carbocycles. The molecule has 1 heterocycles. The molecular formula is C90H95B7Br2Cl3FN2O11. The first kappa shape index (κ1) is 92.8. The molecule has 8 N–H and O–H groups in total. The Balaban J connectivity index is 0.000000170. The van der Waals surface area contributed by atoms with Crippen LogP contribution in [-0.4, -0.2) is 103 Å². The lowest BCUT2D eigenvalue weighted by molar-refractivity contribution is 0.102. The molecule has 116 heavy (non-hydrogen) atoms. The molecule has 13 nitrogen and oxygen atoms in total. The zero-order valence-electron chi connectivity index (χ0n) is 66.6. The van der Waals surface area contributed by atoms with Crippen molar-refractivity contribution in [2.45, 2.75) is 101 Å². The lowest BCUT2D eigenvalue weighted by Crippen LogP contribution is -2.28. The van der Waals surface area contributed by atoms with Crippen LogP contribution in [0.1, 0.15) is 62.1 Å². The molecule has 0 aromatic heterocycles. The molecular weight excluding hydrogens is 1650 g/mol. The van der Waals surface area contributed by atoms with Crippen molar-refractivity contribution < 1.29 is 58.6 Å². The second kappa shape index (κ2) is 47.0. The summed E-state index contributed by atoms with van der Waals surface area (Å²) in [7, 11) is 0. The number of aryl methyl sites for hydroxylation is 2. The summed E-state index contributed by atoms with van der Waals surface area (Å²) in [4.78, 5) is 14.6. The number of hydrogen-bond acceptors (Lipinski definition) is 12. The van der Waals surface area contributed by atoms with Crippen LogP contribution in [0.15, 0.2) is 275 Å². The van der Waals surface area contributed by atoms with E-state index < -0.39 is 27.7 Å². The van der Waals surface area contributed by atoms with E-state index >= 15 is 0 Å². The average Bonchev–Trinajstić information content (AvgIpc) is 1.63. The van der Waals surface area contributed by atoms with Crippen molar-refractivity contribution in [1.82, 2.24) is 0 Å². The van der Waals surface area contributed by atoms with Gasteiger partial charge in [-0.1, -0.05) is 320 Å². The van der Waals surface area contributed by atoms with Gasteiger partial charge in [0, 0.05) is 33.3 Å². The number of carbonyl (C=O) groups excluding carboxylic acids is 1. The first-order valence-corrected chi connectivity index (χ1v) is 41.1. The molecule has 1 amide bonds. The molecule has 0 unspecified atom stereocenters. The smallest absolute Gasteiger partial charge is 0.320 e. The maximum atomic E-state index is 13.4. The third kappa shape index (κ3) is 29.7. The van der Waals surface area contributed by atoms with Gasteiger partial charge >= 0.3 is 48.4 Å². The monoisotopic (exact) mass is 1740 g/mol. The molecule has 26 heteroatoms. The number of hydrogen-bond donors (Lipinski definition) is 8. The van der Waals surface area contributed by atoms with Crippen LogP contribution < -0.4 is 57.2 Å². The highest BCUT2D eigenvalue weighted by atomic mass is 79.9. The molecule has 2 aliphatic rings. The average molecular weight is 1740 g/mol. The first-order chi connectivity index (χ1) is 55.5. The molecule has 594 valence electrons. The van der Waals surface area contributed by atoms with Crippen LogP contribution in [0.2, 0.25) is 62.8 Å². The molecule has 1 saturated heterocycles. The summed E-state index contributed by atoms with van der Waals surface area (Å²) in [5.74, 6) is 1.50. The largest absolute Gasteiger partial charge is 0.489 e. The number of nitrogens with zero attached hydrogens (tertiary/aromatic N) is 1. The second-order valence-electron chi connectivity index (χ2n) is 28.4. The van der Waals surface area contributed by atoms with Gasteiger partial charge in [0.25, 0.3) is 5.91 Å². The third-order valence-electron chi connectivity index (χ3n) is 19.0. The van der Waals surface area contributed by atoms with Crippen LogP contribution in [-0.2, 0) is 26.2 Å². The molecule has 0 spiro atoms. The van der Waals surface area contributed by atoms with E-state index in [4.69, 9.17) is 49.0 Å². The summed E-state index contributed by atoms with van der Waals surface area (Å²) in [6.07, 6.45) is 5.43. The van der Waals surface area contributed by atoms with Crippen LogP contribution in [0.25, 0.3) is 16.8 Å². The predicted octanol–water partition coefficient (Wildman–Crippen LogP) is 16.8. The zero-order chi connectivity index (χ0) is 84.0. The number of amides is 1. The minimum atomic E-state index is -0.667. The zero-order valence-corrected chi connectivity index (χ0v) is 72.0. The summed E-state index contributed by atoms with van der Waals surface area (Å²) in [5, 5.41) is 72.6. The topological polar surface area (TPSA) is 202 Å². The third-order valence-corrected chi connectivity index (χ3v) is 21.2. The fourth-order valence-electron chi connectivity index (χ4n) is 11.9. The first-order valence-electron chi connectivity index (χ1n) is 38.4. The maximum Gasteiger partial charge on any atom is 0.320 e. The lowest BCUT2D eigenvalue weighted by Gasteiger charge is -2.19. The van der Waals surface area contributed by atoms with Crippen LogP contribution in [0, 0.1) is 19.7 Å². The number of fused-ring (bicyclic) bond motifs is 2. The van der Waals surface area contributed by atoms with E-state index in [1.807, 2.05) is 148 Å². The fourth-order valence-corrected chi connectivity index (χ4v) is 13.5. The minimum absolute atomic E-state index is 0.112. The Kier molecular flexibility index (Phi) is 37.6. The standard InChI is InChI=1S/C17H17BO2.C15H17BO2.C14H12BCl2NO2.C14H13BClFO2.C11H15BBrNO.C11H11BO.C8H10BBrO/c1-18(19)16-9-14-7-8-17(11-15(14)10-16)20-12-13-5-3-2-4-6-13;1-12-8-9-14(16(2)17)10-15(12)18-11-13-6-4-3-5-7-13;1-15(20)9-6-7-11(16)10(8-9)14(19)18-13-5-3-2-4-12(13)17;1-15(18)11-6-7-14(12(16)8-11)19-9-10-4-2-3-5-13(10)17;1-12(15)9-6-10(13)8-11(7-9)14-4-2-3-5-14;1-12(13)11-7-6-9-4-2-3-5-10(9)8-11;1-6-3-4-7(9(2)11)5-8(6)10/h2-9,11,19H,10,12H2,1H3;3-10,17H,11H2,1-2H3;2-8,20H,1H3,(H,18,19);2-8,18H,9H2,1H3;6-8,15H,2-5H2,1H3;2-8,13H,1H3;3-5,11H,1-2H3. The van der Waals surface area contributed by atoms with E-state index in [1.165, 1.54) is 52.1 Å². The highest BCUT2D eigenvalue weighted by Gasteiger charge is 2.22. The van der Waals surface area contributed by atoms with E-state index in [0.717, 1.165) is 84.0 Å². The Labute approximate surface area is 717 Å². The van der Waals surface area contributed by atoms with Crippen molar-refractivity contribution in [3.63, 3.8) is 0 Å². The normalized spacial score (nSPS) is 11.4.